The standard InChI is InChI=1S/C17H12N2O6/c1-25-15-5-3-2-4-12(15)14(20)9-18-16(21)11-7-6-10(19(23)24)8-13(11)17(18)22/h2-8H,9H2,1H3. The summed E-state index contributed by atoms with van der Waals surface area (Å²) in [6.45, 7) is -0.472. The van der Waals surface area contributed by atoms with Crippen LogP contribution in [0.25, 0.3) is 0 Å². The number of carbonyl (C=O) groups excluding carboxylic acids is 3. The fourth-order valence-electron chi connectivity index (χ4n) is 2.64. The second-order valence-corrected chi connectivity index (χ2v) is 5.31. The van der Waals surface area contributed by atoms with Crippen LogP contribution in [0.2, 0.25) is 0 Å². The molecular weight excluding hydrogens is 328 g/mol. The number of amides is 2. The van der Waals surface area contributed by atoms with Gasteiger partial charge < -0.3 is 4.74 Å². The molecule has 0 aromatic heterocycles. The van der Waals surface area contributed by atoms with E-state index in [4.69, 9.17) is 4.74 Å². The molecule has 0 spiro atoms. The van der Waals surface area contributed by atoms with Crippen molar-refractivity contribution in [3.8, 4) is 5.75 Å². The molecule has 0 N–H and O–H groups in total. The Morgan fingerprint density at radius 3 is 2.48 bits per heavy atom. The van der Waals surface area contributed by atoms with Crippen LogP contribution >= 0.6 is 0 Å². The van der Waals surface area contributed by atoms with E-state index in [0.29, 0.717) is 5.75 Å². The number of fused-ring (bicyclic) bond motifs is 1. The second kappa shape index (κ2) is 6.16. The number of non-ortho nitro benzene ring substituents is 1. The molecule has 0 saturated heterocycles. The molecule has 8 heteroatoms. The number of benzene rings is 2. The number of hydrogen-bond donors (Lipinski definition) is 0. The summed E-state index contributed by atoms with van der Waals surface area (Å²) in [7, 11) is 1.41. The highest BCUT2D eigenvalue weighted by Gasteiger charge is 2.38. The van der Waals surface area contributed by atoms with Gasteiger partial charge in [-0.25, -0.2) is 0 Å². The predicted molar refractivity (Wildman–Crippen MR) is 85.8 cm³/mol. The van der Waals surface area contributed by atoms with Crippen molar-refractivity contribution in [3.05, 3.63) is 69.3 Å². The lowest BCUT2D eigenvalue weighted by atomic mass is 10.1. The maximum atomic E-state index is 12.5. The van der Waals surface area contributed by atoms with Crippen molar-refractivity contribution in [1.29, 1.82) is 0 Å². The van der Waals surface area contributed by atoms with E-state index >= 15 is 0 Å². The molecule has 1 aliphatic rings. The van der Waals surface area contributed by atoms with E-state index in [2.05, 4.69) is 0 Å². The van der Waals surface area contributed by atoms with E-state index in [0.717, 1.165) is 17.0 Å². The van der Waals surface area contributed by atoms with Crippen molar-refractivity contribution < 1.29 is 24.0 Å². The summed E-state index contributed by atoms with van der Waals surface area (Å²) < 4.78 is 5.10. The summed E-state index contributed by atoms with van der Waals surface area (Å²) in [4.78, 5) is 48.2. The van der Waals surface area contributed by atoms with Crippen molar-refractivity contribution in [1.82, 2.24) is 4.90 Å². The Hall–Kier alpha value is -3.55. The molecule has 0 bridgehead atoms. The summed E-state index contributed by atoms with van der Waals surface area (Å²) in [6.07, 6.45) is 0. The van der Waals surface area contributed by atoms with Crippen molar-refractivity contribution in [2.75, 3.05) is 13.7 Å². The molecule has 0 unspecified atom stereocenters. The average Bonchev–Trinajstić information content (AvgIpc) is 2.86. The summed E-state index contributed by atoms with van der Waals surface area (Å²) in [5.74, 6) is -1.52. The monoisotopic (exact) mass is 340 g/mol. The van der Waals surface area contributed by atoms with Gasteiger partial charge in [-0.2, -0.15) is 0 Å². The topological polar surface area (TPSA) is 107 Å². The fourth-order valence-corrected chi connectivity index (χ4v) is 2.64. The Morgan fingerprint density at radius 1 is 1.12 bits per heavy atom. The molecule has 2 amide bonds. The van der Waals surface area contributed by atoms with Crippen molar-refractivity contribution in [2.24, 2.45) is 0 Å². The number of nitro benzene ring substituents is 1. The van der Waals surface area contributed by atoms with Gasteiger partial charge in [-0.3, -0.25) is 29.4 Å². The first kappa shape index (κ1) is 16.3. The summed E-state index contributed by atoms with van der Waals surface area (Å²) in [5.41, 5.74) is -0.0826. The zero-order valence-corrected chi connectivity index (χ0v) is 13.1. The zero-order chi connectivity index (χ0) is 18.1. The quantitative estimate of drug-likeness (QED) is 0.357. The number of rotatable bonds is 5. The van der Waals surface area contributed by atoms with E-state index in [9.17, 15) is 24.5 Å². The SMILES string of the molecule is COc1ccccc1C(=O)CN1C(=O)c2ccc([N+](=O)[O-])cc2C1=O. The number of ketones is 1. The van der Waals surface area contributed by atoms with Crippen molar-refractivity contribution >= 4 is 23.3 Å². The highest BCUT2D eigenvalue weighted by atomic mass is 16.6. The molecule has 0 saturated carbocycles. The number of carbonyl (C=O) groups is 3. The van der Waals surface area contributed by atoms with Crippen LogP contribution in [0.4, 0.5) is 5.69 Å². The Bertz CT molecular complexity index is 921. The molecule has 126 valence electrons. The van der Waals surface area contributed by atoms with E-state index in [1.165, 1.54) is 19.2 Å². The van der Waals surface area contributed by atoms with Gasteiger partial charge in [0.05, 0.1) is 35.3 Å². The van der Waals surface area contributed by atoms with E-state index in [1.54, 1.807) is 18.2 Å². The van der Waals surface area contributed by atoms with Gasteiger partial charge in [0.15, 0.2) is 5.78 Å². The zero-order valence-electron chi connectivity index (χ0n) is 13.1. The molecule has 0 atom stereocenters. The minimum absolute atomic E-state index is 0.0448. The van der Waals surface area contributed by atoms with Crippen LogP contribution in [0, 0.1) is 10.1 Å². The number of nitrogens with zero attached hydrogens (tertiary/aromatic N) is 2. The lowest BCUT2D eigenvalue weighted by molar-refractivity contribution is -0.384. The Balaban J connectivity index is 1.89. The number of hydrogen-bond acceptors (Lipinski definition) is 6. The van der Waals surface area contributed by atoms with E-state index < -0.39 is 29.1 Å². The van der Waals surface area contributed by atoms with Crippen molar-refractivity contribution in [2.45, 2.75) is 0 Å². The van der Waals surface area contributed by atoms with Gasteiger partial charge in [-0.15, -0.1) is 0 Å². The maximum absolute atomic E-state index is 12.5. The highest BCUT2D eigenvalue weighted by Crippen LogP contribution is 2.27. The van der Waals surface area contributed by atoms with Gasteiger partial charge in [0.25, 0.3) is 17.5 Å². The summed E-state index contributed by atoms with van der Waals surface area (Å²) >= 11 is 0. The Morgan fingerprint density at radius 2 is 1.80 bits per heavy atom. The molecule has 0 aliphatic carbocycles. The van der Waals surface area contributed by atoms with Crippen LogP contribution in [0.3, 0.4) is 0 Å². The van der Waals surface area contributed by atoms with Crippen LogP contribution in [0.5, 0.6) is 5.75 Å². The summed E-state index contributed by atoms with van der Waals surface area (Å²) in [5, 5.41) is 10.8. The van der Waals surface area contributed by atoms with Crippen molar-refractivity contribution in [3.63, 3.8) is 0 Å². The number of Topliss-reactive ketones (excluding diaryl/α,β-unsaturated/α-hetero) is 1. The summed E-state index contributed by atoms with van der Waals surface area (Å²) in [6, 6.07) is 9.88. The Kier molecular flexibility index (Phi) is 4.02. The van der Waals surface area contributed by atoms with Crippen LogP contribution in [0.15, 0.2) is 42.5 Å². The molecule has 25 heavy (non-hydrogen) atoms. The normalized spacial score (nSPS) is 12.9. The third kappa shape index (κ3) is 2.74. The number of nitro groups is 1. The average molecular weight is 340 g/mol. The molecule has 1 heterocycles. The fraction of sp³-hybridized carbons (Fsp3) is 0.118. The molecule has 0 fully saturated rings. The van der Waals surface area contributed by atoms with Gasteiger partial charge >= 0.3 is 0 Å². The largest absolute Gasteiger partial charge is 0.496 e. The molecule has 3 rings (SSSR count). The van der Waals surface area contributed by atoms with Gasteiger partial charge in [0.2, 0.25) is 0 Å². The third-order valence-corrected chi connectivity index (χ3v) is 3.87. The molecule has 2 aromatic rings. The first-order valence-electron chi connectivity index (χ1n) is 7.25. The smallest absolute Gasteiger partial charge is 0.270 e. The lowest BCUT2D eigenvalue weighted by Gasteiger charge is -2.14. The Labute approximate surface area is 141 Å². The van der Waals surface area contributed by atoms with Gasteiger partial charge in [-0.1, -0.05) is 12.1 Å². The van der Waals surface area contributed by atoms with Crippen LogP contribution < -0.4 is 4.74 Å². The molecule has 0 radical (unpaired) electrons. The van der Waals surface area contributed by atoms with Gasteiger partial charge in [0.1, 0.15) is 5.75 Å². The minimum Gasteiger partial charge on any atom is -0.496 e. The number of para-hydroxylation sites is 1. The van der Waals surface area contributed by atoms with E-state index in [-0.39, 0.29) is 22.4 Å². The maximum Gasteiger partial charge on any atom is 0.270 e. The minimum atomic E-state index is -0.730. The molecule has 8 nitrogen and oxygen atoms in total. The second-order valence-electron chi connectivity index (χ2n) is 5.31. The number of imide groups is 1. The predicted octanol–water partition coefficient (Wildman–Crippen LogP) is 2.08. The first-order valence-corrected chi connectivity index (χ1v) is 7.25. The van der Waals surface area contributed by atoms with Gasteiger partial charge in [-0.05, 0) is 18.2 Å². The van der Waals surface area contributed by atoms with Crippen LogP contribution in [0.1, 0.15) is 31.1 Å². The van der Waals surface area contributed by atoms with Crippen LogP contribution in [-0.2, 0) is 0 Å². The van der Waals surface area contributed by atoms with Gasteiger partial charge in [0, 0.05) is 12.1 Å². The first-order chi connectivity index (χ1) is 11.9. The molecule has 1 aliphatic heterocycles. The molecule has 2 aromatic carbocycles. The van der Waals surface area contributed by atoms with E-state index in [1.807, 2.05) is 0 Å². The lowest BCUT2D eigenvalue weighted by Crippen LogP contribution is -2.35. The number of ether oxygens (including phenoxy) is 1. The molecular formula is C17H12N2O6. The van der Waals surface area contributed by atoms with Crippen LogP contribution in [-0.4, -0.2) is 41.1 Å². The third-order valence-electron chi connectivity index (χ3n) is 3.87. The highest BCUT2D eigenvalue weighted by molar-refractivity contribution is 6.23. The number of methoxy groups -OCH3 is 1.